The highest BCUT2D eigenvalue weighted by molar-refractivity contribution is 6.05. The van der Waals surface area contributed by atoms with E-state index >= 15 is 0 Å². The first kappa shape index (κ1) is 23.5. The zero-order valence-corrected chi connectivity index (χ0v) is 17.5. The van der Waals surface area contributed by atoms with Gasteiger partial charge in [-0.25, -0.2) is 4.98 Å². The normalized spacial score (nSPS) is 12.2. The summed E-state index contributed by atoms with van der Waals surface area (Å²) in [6, 6.07) is 6.18. The molecule has 2 aromatic heterocycles. The Morgan fingerprint density at radius 2 is 2.00 bits per heavy atom. The highest BCUT2D eigenvalue weighted by atomic mass is 19.4. The maximum absolute atomic E-state index is 12.9. The van der Waals surface area contributed by atoms with Crippen molar-refractivity contribution in [3.05, 3.63) is 47.9 Å². The fourth-order valence-corrected chi connectivity index (χ4v) is 2.88. The average molecular weight is 452 g/mol. The van der Waals surface area contributed by atoms with Gasteiger partial charge < -0.3 is 20.3 Å². The zero-order chi connectivity index (χ0) is 23.5. The number of fused-ring (bicyclic) bond motifs is 1. The van der Waals surface area contributed by atoms with E-state index in [1.165, 1.54) is 6.07 Å². The fourth-order valence-electron chi connectivity index (χ4n) is 2.88. The third-order valence-corrected chi connectivity index (χ3v) is 4.48. The second kappa shape index (κ2) is 9.13. The number of hydrogen-bond acceptors (Lipinski definition) is 6. The molecular formula is C21H23F3N4O4. The van der Waals surface area contributed by atoms with E-state index in [2.05, 4.69) is 15.4 Å². The number of carbonyl (C=O) groups excluding carboxylic acids is 1. The number of rotatable bonds is 8. The van der Waals surface area contributed by atoms with E-state index in [9.17, 15) is 23.1 Å². The van der Waals surface area contributed by atoms with Gasteiger partial charge in [-0.05, 0) is 38.5 Å². The molecule has 1 amide bonds. The molecule has 0 aliphatic carbocycles. The monoisotopic (exact) mass is 452 g/mol. The van der Waals surface area contributed by atoms with Gasteiger partial charge in [0.25, 0.3) is 5.91 Å². The molecule has 172 valence electrons. The molecule has 1 aromatic carbocycles. The zero-order valence-electron chi connectivity index (χ0n) is 17.5. The van der Waals surface area contributed by atoms with Crippen LogP contribution in [-0.2, 0) is 12.7 Å². The van der Waals surface area contributed by atoms with Crippen molar-refractivity contribution >= 4 is 22.5 Å². The third-order valence-electron chi connectivity index (χ3n) is 4.48. The number of pyridine rings is 1. The number of aromatic nitrogens is 3. The van der Waals surface area contributed by atoms with Gasteiger partial charge in [0, 0.05) is 24.2 Å². The number of ether oxygens (including phenoxy) is 1. The Balaban J connectivity index is 1.90. The molecule has 0 saturated carbocycles. The van der Waals surface area contributed by atoms with Crippen molar-refractivity contribution in [2.45, 2.75) is 38.6 Å². The van der Waals surface area contributed by atoms with Crippen LogP contribution in [0.4, 0.5) is 18.9 Å². The average Bonchev–Trinajstić information content (AvgIpc) is 3.11. The van der Waals surface area contributed by atoms with Gasteiger partial charge in [-0.15, -0.1) is 0 Å². The Hall–Kier alpha value is -3.18. The van der Waals surface area contributed by atoms with E-state index in [1.807, 2.05) is 0 Å². The van der Waals surface area contributed by atoms with Crippen molar-refractivity contribution in [2.75, 3.05) is 18.5 Å². The molecule has 3 aromatic rings. The summed E-state index contributed by atoms with van der Waals surface area (Å²) in [5.41, 5.74) is -1.72. The Kier molecular flexibility index (Phi) is 6.70. The molecule has 0 aliphatic heterocycles. The molecule has 0 aliphatic rings. The number of benzene rings is 1. The van der Waals surface area contributed by atoms with Crippen LogP contribution in [0.1, 0.15) is 36.5 Å². The van der Waals surface area contributed by atoms with Crippen LogP contribution in [0.2, 0.25) is 0 Å². The van der Waals surface area contributed by atoms with Crippen molar-refractivity contribution in [1.29, 1.82) is 0 Å². The lowest BCUT2D eigenvalue weighted by Gasteiger charge is -2.16. The molecule has 11 heteroatoms. The van der Waals surface area contributed by atoms with E-state index in [0.717, 1.165) is 12.1 Å². The van der Waals surface area contributed by atoms with Crippen molar-refractivity contribution < 1.29 is 32.9 Å². The molecule has 2 heterocycles. The van der Waals surface area contributed by atoms with Crippen LogP contribution in [0.15, 0.2) is 36.5 Å². The standard InChI is InChI=1S/C21H23F3N4O4/c1-20(2,31)6-7-28-12-13-10-16(17(32-9-8-29)11-15(13)27-28)26-19(30)14-4-3-5-18(25-14)21(22,23)24/h3-5,10-12,29,31H,6-9H2,1-2H3,(H,26,30). The van der Waals surface area contributed by atoms with Crippen LogP contribution in [0, 0.1) is 0 Å². The highest BCUT2D eigenvalue weighted by Gasteiger charge is 2.33. The van der Waals surface area contributed by atoms with E-state index < -0.39 is 29.1 Å². The number of nitrogens with one attached hydrogen (secondary N) is 1. The van der Waals surface area contributed by atoms with Gasteiger partial charge in [0.1, 0.15) is 23.7 Å². The molecule has 0 bridgehead atoms. The molecule has 8 nitrogen and oxygen atoms in total. The Bertz CT molecular complexity index is 1110. The summed E-state index contributed by atoms with van der Waals surface area (Å²) in [5.74, 6) is -0.654. The SMILES string of the molecule is CC(C)(O)CCn1cc2cc(NC(=O)c3cccc(C(F)(F)F)n3)c(OCCO)cc2n1. The molecule has 0 atom stereocenters. The number of alkyl halides is 3. The molecule has 0 unspecified atom stereocenters. The van der Waals surface area contributed by atoms with Gasteiger partial charge in [0.15, 0.2) is 0 Å². The predicted octanol–water partition coefficient (Wildman–Crippen LogP) is 3.23. The Morgan fingerprint density at radius 1 is 1.25 bits per heavy atom. The number of amides is 1. The van der Waals surface area contributed by atoms with E-state index in [0.29, 0.717) is 23.9 Å². The number of halogens is 3. The van der Waals surface area contributed by atoms with Crippen LogP contribution in [-0.4, -0.2) is 49.7 Å². The van der Waals surface area contributed by atoms with Gasteiger partial charge >= 0.3 is 6.18 Å². The molecule has 0 spiro atoms. The molecule has 0 radical (unpaired) electrons. The van der Waals surface area contributed by atoms with Crippen LogP contribution >= 0.6 is 0 Å². The number of aliphatic hydroxyl groups is 2. The van der Waals surface area contributed by atoms with Crippen LogP contribution < -0.4 is 10.1 Å². The first-order chi connectivity index (χ1) is 15.0. The summed E-state index contributed by atoms with van der Waals surface area (Å²) in [6.07, 6.45) is -2.50. The molecule has 0 fully saturated rings. The number of hydrogen-bond donors (Lipinski definition) is 3. The summed E-state index contributed by atoms with van der Waals surface area (Å²) in [5, 5.41) is 26.6. The highest BCUT2D eigenvalue weighted by Crippen LogP contribution is 2.31. The van der Waals surface area contributed by atoms with Crippen molar-refractivity contribution in [3.8, 4) is 5.75 Å². The molecule has 3 N–H and O–H groups in total. The summed E-state index contributed by atoms with van der Waals surface area (Å²) in [4.78, 5) is 16.0. The number of nitrogens with zero attached hydrogens (tertiary/aromatic N) is 3. The smallest absolute Gasteiger partial charge is 0.433 e. The van der Waals surface area contributed by atoms with Crippen LogP contribution in [0.3, 0.4) is 0 Å². The van der Waals surface area contributed by atoms with Gasteiger partial charge in [0.2, 0.25) is 0 Å². The molecule has 32 heavy (non-hydrogen) atoms. The first-order valence-corrected chi connectivity index (χ1v) is 9.79. The maximum Gasteiger partial charge on any atom is 0.433 e. The lowest BCUT2D eigenvalue weighted by Crippen LogP contribution is -2.21. The van der Waals surface area contributed by atoms with Crippen molar-refractivity contribution in [2.24, 2.45) is 0 Å². The molecular weight excluding hydrogens is 429 g/mol. The van der Waals surface area contributed by atoms with Gasteiger partial charge in [-0.1, -0.05) is 6.07 Å². The minimum absolute atomic E-state index is 0.0599. The number of aliphatic hydroxyl groups excluding tert-OH is 1. The van der Waals surface area contributed by atoms with Gasteiger partial charge in [-0.2, -0.15) is 18.3 Å². The van der Waals surface area contributed by atoms with Crippen molar-refractivity contribution in [3.63, 3.8) is 0 Å². The molecule has 3 rings (SSSR count). The summed E-state index contributed by atoms with van der Waals surface area (Å²) < 4.78 is 45.9. The second-order valence-corrected chi connectivity index (χ2v) is 7.79. The third kappa shape index (κ3) is 5.95. The van der Waals surface area contributed by atoms with Gasteiger partial charge in [-0.3, -0.25) is 9.48 Å². The molecule has 0 saturated heterocycles. The fraction of sp³-hybridized carbons (Fsp3) is 0.381. The lowest BCUT2D eigenvalue weighted by molar-refractivity contribution is -0.141. The predicted molar refractivity (Wildman–Crippen MR) is 110 cm³/mol. The van der Waals surface area contributed by atoms with E-state index in [1.54, 1.807) is 36.9 Å². The van der Waals surface area contributed by atoms with Gasteiger partial charge in [0.05, 0.1) is 23.4 Å². The minimum Gasteiger partial charge on any atom is -0.489 e. The van der Waals surface area contributed by atoms with Crippen LogP contribution in [0.25, 0.3) is 10.9 Å². The summed E-state index contributed by atoms with van der Waals surface area (Å²) >= 11 is 0. The minimum atomic E-state index is -4.68. The lowest BCUT2D eigenvalue weighted by atomic mass is 10.1. The summed E-state index contributed by atoms with van der Waals surface area (Å²) in [7, 11) is 0. The van der Waals surface area contributed by atoms with Crippen LogP contribution in [0.5, 0.6) is 5.75 Å². The number of aryl methyl sites for hydroxylation is 1. The van der Waals surface area contributed by atoms with E-state index in [-0.39, 0.29) is 24.7 Å². The number of anilines is 1. The summed E-state index contributed by atoms with van der Waals surface area (Å²) in [6.45, 7) is 3.48. The topological polar surface area (TPSA) is 110 Å². The largest absolute Gasteiger partial charge is 0.489 e. The quantitative estimate of drug-likeness (QED) is 0.484. The number of carbonyl (C=O) groups is 1. The Morgan fingerprint density at radius 3 is 2.66 bits per heavy atom. The maximum atomic E-state index is 12.9. The van der Waals surface area contributed by atoms with Crippen molar-refractivity contribution in [1.82, 2.24) is 14.8 Å². The first-order valence-electron chi connectivity index (χ1n) is 9.79. The second-order valence-electron chi connectivity index (χ2n) is 7.79. The Labute approximate surface area is 181 Å². The van der Waals surface area contributed by atoms with E-state index in [4.69, 9.17) is 9.84 Å².